The number of carbonyl (C=O) groups excluding carboxylic acids is 2. The van der Waals surface area contributed by atoms with Gasteiger partial charge in [-0.15, -0.1) is 11.3 Å². The summed E-state index contributed by atoms with van der Waals surface area (Å²) >= 11 is 7.91. The van der Waals surface area contributed by atoms with Crippen molar-refractivity contribution in [3.63, 3.8) is 0 Å². The molecule has 2 aromatic heterocycles. The molecule has 0 aliphatic heterocycles. The summed E-state index contributed by atoms with van der Waals surface area (Å²) in [5, 5.41) is 4.84. The molecule has 7 heteroatoms. The summed E-state index contributed by atoms with van der Waals surface area (Å²) in [6, 6.07) is 16.7. The van der Waals surface area contributed by atoms with E-state index in [9.17, 15) is 9.59 Å². The Labute approximate surface area is 213 Å². The molecule has 5 nitrogen and oxygen atoms in total. The van der Waals surface area contributed by atoms with Crippen LogP contribution in [0.1, 0.15) is 57.3 Å². The Bertz CT molecular complexity index is 1450. The minimum absolute atomic E-state index is 0.303. The molecule has 1 aliphatic rings. The number of nitrogens with zero attached hydrogens (tertiary/aromatic N) is 1. The number of hydrogen-bond donors (Lipinski definition) is 2. The lowest BCUT2D eigenvalue weighted by Gasteiger charge is -2.21. The van der Waals surface area contributed by atoms with Gasteiger partial charge in [0.2, 0.25) is 0 Å². The molecular weight excluding hydrogens is 478 g/mol. The van der Waals surface area contributed by atoms with Gasteiger partial charge < -0.3 is 11.1 Å². The molecule has 0 saturated heterocycles. The van der Waals surface area contributed by atoms with Crippen molar-refractivity contribution >= 4 is 50.7 Å². The lowest BCUT2D eigenvalue weighted by atomic mass is 9.84. The molecule has 0 unspecified atom stereocenters. The van der Waals surface area contributed by atoms with Crippen LogP contribution in [0.4, 0.5) is 5.00 Å². The average molecular weight is 504 g/mol. The zero-order valence-corrected chi connectivity index (χ0v) is 21.0. The number of aromatic nitrogens is 1. The van der Waals surface area contributed by atoms with Crippen molar-refractivity contribution in [2.75, 3.05) is 5.32 Å². The Hall–Kier alpha value is -3.22. The van der Waals surface area contributed by atoms with Crippen molar-refractivity contribution in [3.05, 3.63) is 81.2 Å². The van der Waals surface area contributed by atoms with Gasteiger partial charge in [0, 0.05) is 20.8 Å². The molecule has 0 radical (unpaired) electrons. The summed E-state index contributed by atoms with van der Waals surface area (Å²) in [7, 11) is 0. The molecule has 35 heavy (non-hydrogen) atoms. The topological polar surface area (TPSA) is 85.1 Å². The Balaban J connectivity index is 1.56. The highest BCUT2D eigenvalue weighted by molar-refractivity contribution is 7.17. The quantitative estimate of drug-likeness (QED) is 0.301. The van der Waals surface area contributed by atoms with E-state index in [0.29, 0.717) is 38.3 Å². The zero-order chi connectivity index (χ0) is 24.5. The van der Waals surface area contributed by atoms with Crippen LogP contribution in [0.25, 0.3) is 22.2 Å². The van der Waals surface area contributed by atoms with Crippen molar-refractivity contribution in [2.45, 2.75) is 39.0 Å². The first-order valence-electron chi connectivity index (χ1n) is 11.9. The first-order valence-corrected chi connectivity index (χ1v) is 13.1. The van der Waals surface area contributed by atoms with Crippen molar-refractivity contribution in [1.29, 1.82) is 0 Å². The highest BCUT2D eigenvalue weighted by Gasteiger charge is 2.29. The van der Waals surface area contributed by atoms with Crippen LogP contribution in [-0.4, -0.2) is 16.8 Å². The number of primary amides is 1. The number of nitrogens with one attached hydrogen (secondary N) is 1. The van der Waals surface area contributed by atoms with Gasteiger partial charge in [0.15, 0.2) is 0 Å². The van der Waals surface area contributed by atoms with Crippen LogP contribution in [0.15, 0.2) is 54.6 Å². The van der Waals surface area contributed by atoms with E-state index in [0.717, 1.165) is 47.1 Å². The molecule has 0 spiro atoms. The second kappa shape index (κ2) is 9.80. The fourth-order valence-electron chi connectivity index (χ4n) is 5.00. The number of rotatable bonds is 6. The maximum absolute atomic E-state index is 13.6. The van der Waals surface area contributed by atoms with Crippen molar-refractivity contribution in [2.24, 2.45) is 11.7 Å². The van der Waals surface area contributed by atoms with Crippen LogP contribution in [-0.2, 0) is 12.8 Å². The van der Waals surface area contributed by atoms with Gasteiger partial charge in [-0.2, -0.15) is 0 Å². The van der Waals surface area contributed by atoms with Gasteiger partial charge in [-0.25, -0.2) is 4.98 Å². The number of thiophene rings is 1. The lowest BCUT2D eigenvalue weighted by molar-refractivity contribution is 0.1000. The Kier molecular flexibility index (Phi) is 6.58. The number of halogens is 1. The summed E-state index contributed by atoms with van der Waals surface area (Å²) in [4.78, 5) is 32.0. The van der Waals surface area contributed by atoms with Crippen molar-refractivity contribution < 1.29 is 9.59 Å². The standard InChI is InChI=1S/C28H26ClN3O2S/c1-2-7-16-12-13-19-24(14-16)35-28(25(19)26(30)33)32-27(34)20-15-23(18-9-3-5-10-21(18)29)31-22-11-6-4-8-17(20)22/h3-6,8-11,15-16H,2,7,12-14H2,1H3,(H2,30,33)(H,32,34)/t16-/m0/s1. The van der Waals surface area contributed by atoms with Crippen molar-refractivity contribution in [3.8, 4) is 11.3 Å². The number of para-hydroxylation sites is 1. The van der Waals surface area contributed by atoms with Gasteiger partial charge in [0.25, 0.3) is 11.8 Å². The van der Waals surface area contributed by atoms with Gasteiger partial charge in [-0.3, -0.25) is 9.59 Å². The molecule has 0 fully saturated rings. The number of fused-ring (bicyclic) bond motifs is 2. The van der Waals surface area contributed by atoms with Gasteiger partial charge >= 0.3 is 0 Å². The Morgan fingerprint density at radius 2 is 1.94 bits per heavy atom. The smallest absolute Gasteiger partial charge is 0.257 e. The predicted molar refractivity (Wildman–Crippen MR) is 143 cm³/mol. The van der Waals surface area contributed by atoms with E-state index in [1.165, 1.54) is 17.8 Å². The molecule has 2 aromatic carbocycles. The molecule has 0 bridgehead atoms. The third kappa shape index (κ3) is 4.56. The summed E-state index contributed by atoms with van der Waals surface area (Å²) in [5.74, 6) is -0.191. The van der Waals surface area contributed by atoms with E-state index in [1.807, 2.05) is 42.5 Å². The minimum Gasteiger partial charge on any atom is -0.365 e. The van der Waals surface area contributed by atoms with Crippen molar-refractivity contribution in [1.82, 2.24) is 4.98 Å². The fraction of sp³-hybridized carbons (Fsp3) is 0.250. The molecule has 4 aromatic rings. The number of benzene rings is 2. The van der Waals surface area contributed by atoms with Crippen LogP contribution in [0.5, 0.6) is 0 Å². The van der Waals surface area contributed by atoms with Gasteiger partial charge in [-0.1, -0.05) is 67.8 Å². The maximum atomic E-state index is 13.6. The number of amides is 2. The monoisotopic (exact) mass is 503 g/mol. The summed E-state index contributed by atoms with van der Waals surface area (Å²) < 4.78 is 0. The van der Waals surface area contributed by atoms with Crippen LogP contribution >= 0.6 is 22.9 Å². The molecule has 2 heterocycles. The number of pyridine rings is 1. The molecule has 178 valence electrons. The molecule has 0 saturated carbocycles. The summed E-state index contributed by atoms with van der Waals surface area (Å²) in [5.41, 5.74) is 9.77. The predicted octanol–water partition coefficient (Wildman–Crippen LogP) is 6.87. The molecule has 3 N–H and O–H groups in total. The minimum atomic E-state index is -0.497. The van der Waals surface area contributed by atoms with E-state index >= 15 is 0 Å². The molecule has 1 atom stereocenters. The number of carbonyl (C=O) groups is 2. The first-order chi connectivity index (χ1) is 17.0. The SMILES string of the molecule is CCC[C@H]1CCc2c(sc(NC(=O)c3cc(-c4ccccc4Cl)nc4ccccc34)c2C(N)=O)C1. The number of anilines is 1. The molecule has 1 aliphatic carbocycles. The maximum Gasteiger partial charge on any atom is 0.257 e. The summed E-state index contributed by atoms with van der Waals surface area (Å²) in [6.07, 6.45) is 5.10. The van der Waals surface area contributed by atoms with Gasteiger partial charge in [-0.05, 0) is 48.9 Å². The van der Waals surface area contributed by atoms with Crippen LogP contribution in [0, 0.1) is 5.92 Å². The molecular formula is C28H26ClN3O2S. The second-order valence-electron chi connectivity index (χ2n) is 8.98. The third-order valence-electron chi connectivity index (χ3n) is 6.65. The van der Waals surface area contributed by atoms with E-state index in [-0.39, 0.29) is 5.91 Å². The van der Waals surface area contributed by atoms with Crippen LogP contribution in [0.3, 0.4) is 0 Å². The van der Waals surface area contributed by atoms with E-state index in [1.54, 1.807) is 12.1 Å². The zero-order valence-electron chi connectivity index (χ0n) is 19.4. The van der Waals surface area contributed by atoms with Gasteiger partial charge in [0.05, 0.1) is 22.3 Å². The molecule has 5 rings (SSSR count). The average Bonchev–Trinajstić information content (AvgIpc) is 3.21. The number of hydrogen-bond acceptors (Lipinski definition) is 4. The van der Waals surface area contributed by atoms with Crippen LogP contribution in [0.2, 0.25) is 5.02 Å². The highest BCUT2D eigenvalue weighted by atomic mass is 35.5. The highest BCUT2D eigenvalue weighted by Crippen LogP contribution is 2.41. The first kappa shape index (κ1) is 23.5. The van der Waals surface area contributed by atoms with Gasteiger partial charge in [0.1, 0.15) is 5.00 Å². The largest absolute Gasteiger partial charge is 0.365 e. The third-order valence-corrected chi connectivity index (χ3v) is 8.15. The van der Waals surface area contributed by atoms with E-state index in [2.05, 4.69) is 12.2 Å². The van der Waals surface area contributed by atoms with E-state index in [4.69, 9.17) is 22.3 Å². The summed E-state index contributed by atoms with van der Waals surface area (Å²) in [6.45, 7) is 2.19. The lowest BCUT2D eigenvalue weighted by Crippen LogP contribution is -2.20. The number of nitrogens with two attached hydrogens (primary N) is 1. The van der Waals surface area contributed by atoms with Crippen LogP contribution < -0.4 is 11.1 Å². The normalized spacial score (nSPS) is 15.1. The Morgan fingerprint density at radius 3 is 2.71 bits per heavy atom. The fourth-order valence-corrected chi connectivity index (χ4v) is 6.59. The molecule has 2 amide bonds. The van der Waals surface area contributed by atoms with E-state index < -0.39 is 5.91 Å². The second-order valence-corrected chi connectivity index (χ2v) is 10.5. The Morgan fingerprint density at radius 1 is 1.17 bits per heavy atom.